The van der Waals surface area contributed by atoms with E-state index in [9.17, 15) is 9.18 Å². The Balaban J connectivity index is 2.39. The van der Waals surface area contributed by atoms with Crippen LogP contribution < -0.4 is 0 Å². The van der Waals surface area contributed by atoms with Crippen molar-refractivity contribution in [3.05, 3.63) is 50.4 Å². The van der Waals surface area contributed by atoms with E-state index in [4.69, 9.17) is 0 Å². The largest absolute Gasteiger partial charge is 0.308 e. The molecule has 4 nitrogen and oxygen atoms in total. The van der Waals surface area contributed by atoms with E-state index in [0.29, 0.717) is 16.7 Å². The number of benzene rings is 1. The van der Waals surface area contributed by atoms with Crippen LogP contribution in [0.3, 0.4) is 0 Å². The van der Waals surface area contributed by atoms with Crippen molar-refractivity contribution < 1.29 is 9.18 Å². The summed E-state index contributed by atoms with van der Waals surface area (Å²) in [6.45, 7) is 1.32. The molecular weight excluding hydrogens is 405 g/mol. The third-order valence-electron chi connectivity index (χ3n) is 2.97. The molecule has 1 aromatic carbocycles. The van der Waals surface area contributed by atoms with E-state index < -0.39 is 5.82 Å². The first-order chi connectivity index (χ1) is 9.91. The normalized spacial score (nSPS) is 11.1. The van der Waals surface area contributed by atoms with Crippen LogP contribution in [0.15, 0.2) is 33.3 Å². The molecule has 0 bridgehead atoms. The molecule has 0 atom stereocenters. The highest BCUT2D eigenvalue weighted by atomic mass is 79.9. The first-order valence-electron chi connectivity index (χ1n) is 6.26. The molecule has 0 spiro atoms. The fourth-order valence-corrected chi connectivity index (χ4v) is 2.78. The molecule has 0 radical (unpaired) electrons. The van der Waals surface area contributed by atoms with Gasteiger partial charge in [0.1, 0.15) is 11.5 Å². The first-order valence-corrected chi connectivity index (χ1v) is 7.85. The summed E-state index contributed by atoms with van der Waals surface area (Å²) in [7, 11) is 3.90. The lowest BCUT2D eigenvalue weighted by molar-refractivity contribution is 0.102. The van der Waals surface area contributed by atoms with Crippen LogP contribution in [-0.4, -0.2) is 41.1 Å². The Bertz CT molecular complexity index is 670. The van der Waals surface area contributed by atoms with Gasteiger partial charge in [-0.05, 0) is 58.1 Å². The van der Waals surface area contributed by atoms with Gasteiger partial charge in [0.2, 0.25) is 5.78 Å². The van der Waals surface area contributed by atoms with Crippen molar-refractivity contribution in [2.24, 2.45) is 0 Å². The van der Waals surface area contributed by atoms with E-state index in [1.807, 2.05) is 19.0 Å². The molecule has 2 aromatic rings. The zero-order valence-electron chi connectivity index (χ0n) is 11.6. The monoisotopic (exact) mass is 417 g/mol. The minimum absolute atomic E-state index is 0.169. The standard InChI is InChI=1S/C14H14Br2FN3O/c1-19(2)6-7-20-13(10(15)8-18-20)14(21)9-4-3-5-11(17)12(9)16/h3-5,8H,6-7H2,1-2H3. The van der Waals surface area contributed by atoms with Crippen LogP contribution in [0.2, 0.25) is 0 Å². The molecule has 0 N–H and O–H groups in total. The van der Waals surface area contributed by atoms with Crippen LogP contribution >= 0.6 is 31.9 Å². The van der Waals surface area contributed by atoms with Crippen molar-refractivity contribution in [3.63, 3.8) is 0 Å². The fourth-order valence-electron chi connectivity index (χ4n) is 1.86. The second-order valence-corrected chi connectivity index (χ2v) is 6.45. The molecule has 0 saturated carbocycles. The van der Waals surface area contributed by atoms with E-state index in [1.54, 1.807) is 16.9 Å². The van der Waals surface area contributed by atoms with Crippen LogP contribution in [-0.2, 0) is 6.54 Å². The van der Waals surface area contributed by atoms with E-state index in [1.165, 1.54) is 12.1 Å². The van der Waals surface area contributed by atoms with Crippen LogP contribution in [0.5, 0.6) is 0 Å². The van der Waals surface area contributed by atoms with E-state index >= 15 is 0 Å². The summed E-state index contributed by atoms with van der Waals surface area (Å²) in [5.74, 6) is -0.735. The SMILES string of the molecule is CN(C)CCn1ncc(Br)c1C(=O)c1cccc(F)c1Br. The third-order valence-corrected chi connectivity index (χ3v) is 4.35. The molecule has 0 aliphatic carbocycles. The average molecular weight is 419 g/mol. The molecule has 0 fully saturated rings. The number of hydrogen-bond acceptors (Lipinski definition) is 3. The van der Waals surface area contributed by atoms with Gasteiger partial charge in [0, 0.05) is 12.1 Å². The van der Waals surface area contributed by atoms with Crippen molar-refractivity contribution in [1.82, 2.24) is 14.7 Å². The van der Waals surface area contributed by atoms with Gasteiger partial charge < -0.3 is 4.90 Å². The number of likely N-dealkylation sites (N-methyl/N-ethyl adjacent to an activating group) is 1. The lowest BCUT2D eigenvalue weighted by atomic mass is 10.1. The lowest BCUT2D eigenvalue weighted by Crippen LogP contribution is -2.22. The van der Waals surface area contributed by atoms with Gasteiger partial charge in [-0.1, -0.05) is 6.07 Å². The Morgan fingerprint density at radius 1 is 1.38 bits per heavy atom. The number of nitrogens with zero attached hydrogens (tertiary/aromatic N) is 3. The quantitative estimate of drug-likeness (QED) is 0.699. The molecule has 2 rings (SSSR count). The van der Waals surface area contributed by atoms with Crippen molar-refractivity contribution in [2.45, 2.75) is 6.54 Å². The van der Waals surface area contributed by atoms with Crippen molar-refractivity contribution in [2.75, 3.05) is 20.6 Å². The van der Waals surface area contributed by atoms with Crippen LogP contribution in [0.1, 0.15) is 16.1 Å². The highest BCUT2D eigenvalue weighted by Crippen LogP contribution is 2.26. The number of carbonyl (C=O) groups excluding carboxylic acids is 1. The molecule has 21 heavy (non-hydrogen) atoms. The maximum absolute atomic E-state index is 13.6. The summed E-state index contributed by atoms with van der Waals surface area (Å²) in [6, 6.07) is 4.41. The zero-order chi connectivity index (χ0) is 15.6. The number of halogens is 3. The summed E-state index contributed by atoms with van der Waals surface area (Å²) in [5.41, 5.74) is 0.699. The Morgan fingerprint density at radius 2 is 2.10 bits per heavy atom. The van der Waals surface area contributed by atoms with Gasteiger partial charge >= 0.3 is 0 Å². The van der Waals surface area contributed by atoms with E-state index in [0.717, 1.165) is 6.54 Å². The van der Waals surface area contributed by atoms with Crippen molar-refractivity contribution in [3.8, 4) is 0 Å². The molecule has 1 heterocycles. The lowest BCUT2D eigenvalue weighted by Gasteiger charge is -2.12. The predicted octanol–water partition coefficient (Wildman–Crippen LogP) is 3.34. The maximum Gasteiger partial charge on any atom is 0.213 e. The first kappa shape index (κ1) is 16.3. The number of rotatable bonds is 5. The highest BCUT2D eigenvalue weighted by Gasteiger charge is 2.22. The molecule has 0 aliphatic heterocycles. The van der Waals surface area contributed by atoms with Gasteiger partial charge in [-0.2, -0.15) is 5.10 Å². The summed E-state index contributed by atoms with van der Waals surface area (Å²) in [4.78, 5) is 14.7. The smallest absolute Gasteiger partial charge is 0.213 e. The highest BCUT2D eigenvalue weighted by molar-refractivity contribution is 9.11. The van der Waals surface area contributed by atoms with Gasteiger partial charge in [0.25, 0.3) is 0 Å². The van der Waals surface area contributed by atoms with Gasteiger partial charge in [-0.15, -0.1) is 0 Å². The average Bonchev–Trinajstić information content (AvgIpc) is 2.80. The van der Waals surface area contributed by atoms with Gasteiger partial charge in [0.05, 0.1) is 21.7 Å². The Kier molecular flexibility index (Phi) is 5.29. The molecule has 0 unspecified atom stereocenters. The van der Waals surface area contributed by atoms with Crippen LogP contribution in [0, 0.1) is 5.82 Å². The molecule has 1 aromatic heterocycles. The maximum atomic E-state index is 13.6. The van der Waals surface area contributed by atoms with Gasteiger partial charge in [-0.3, -0.25) is 9.48 Å². The predicted molar refractivity (Wildman–Crippen MR) is 86.0 cm³/mol. The molecule has 112 valence electrons. The molecule has 0 amide bonds. The number of aromatic nitrogens is 2. The number of carbonyl (C=O) groups is 1. The third kappa shape index (κ3) is 3.59. The Morgan fingerprint density at radius 3 is 2.76 bits per heavy atom. The summed E-state index contributed by atoms with van der Waals surface area (Å²) < 4.78 is 16.0. The summed E-state index contributed by atoms with van der Waals surface area (Å²) in [6.07, 6.45) is 1.58. The molecular formula is C14H14Br2FN3O. The van der Waals surface area contributed by atoms with Gasteiger partial charge in [0.15, 0.2) is 0 Å². The Hall–Kier alpha value is -1.05. The minimum atomic E-state index is -0.462. The van der Waals surface area contributed by atoms with Crippen molar-refractivity contribution in [1.29, 1.82) is 0 Å². The second-order valence-electron chi connectivity index (χ2n) is 4.80. The zero-order valence-corrected chi connectivity index (χ0v) is 14.8. The number of hydrogen-bond donors (Lipinski definition) is 0. The Labute approximate surface area is 139 Å². The van der Waals surface area contributed by atoms with Crippen molar-refractivity contribution >= 4 is 37.6 Å². The fraction of sp³-hybridized carbons (Fsp3) is 0.286. The van der Waals surface area contributed by atoms with Gasteiger partial charge in [-0.25, -0.2) is 4.39 Å². The van der Waals surface area contributed by atoms with E-state index in [-0.39, 0.29) is 15.8 Å². The topological polar surface area (TPSA) is 38.1 Å². The summed E-state index contributed by atoms with van der Waals surface area (Å²) >= 11 is 6.47. The molecule has 7 heteroatoms. The molecule has 0 saturated heterocycles. The van der Waals surface area contributed by atoms with Crippen LogP contribution in [0.25, 0.3) is 0 Å². The van der Waals surface area contributed by atoms with E-state index in [2.05, 4.69) is 37.0 Å². The van der Waals surface area contributed by atoms with Crippen LogP contribution in [0.4, 0.5) is 4.39 Å². The minimum Gasteiger partial charge on any atom is -0.308 e. The molecule has 0 aliphatic rings. The number of ketones is 1. The summed E-state index contributed by atoms with van der Waals surface area (Å²) in [5, 5.41) is 4.20. The second kappa shape index (κ2) is 6.81.